The molecule has 1 aromatic heterocycles. The average Bonchev–Trinajstić information content (AvgIpc) is 2.70. The van der Waals surface area contributed by atoms with Crippen LogP contribution in [0, 0.1) is 0 Å². The highest BCUT2D eigenvalue weighted by Crippen LogP contribution is 2.32. The molecule has 0 bridgehead atoms. The smallest absolute Gasteiger partial charge is 0.174 e. The summed E-state index contributed by atoms with van der Waals surface area (Å²) in [7, 11) is 0. The molecule has 0 radical (unpaired) electrons. The van der Waals surface area contributed by atoms with Crippen LogP contribution in [-0.4, -0.2) is 9.36 Å². The van der Waals surface area contributed by atoms with E-state index in [0.29, 0.717) is 0 Å². The molecule has 2 N–H and O–H groups in total. The van der Waals surface area contributed by atoms with Gasteiger partial charge in [-0.2, -0.15) is 4.37 Å². The zero-order chi connectivity index (χ0) is 11.5. The number of rotatable bonds is 3. The topological polar surface area (TPSA) is 51.8 Å². The van der Waals surface area contributed by atoms with Crippen LogP contribution in [0.1, 0.15) is 18.5 Å². The first kappa shape index (κ1) is 12.0. The van der Waals surface area contributed by atoms with Crippen molar-refractivity contribution in [2.75, 3.05) is 0 Å². The van der Waals surface area contributed by atoms with E-state index < -0.39 is 0 Å². The zero-order valence-electron chi connectivity index (χ0n) is 8.55. The number of halogens is 1. The molecule has 0 aliphatic heterocycles. The van der Waals surface area contributed by atoms with Crippen LogP contribution >= 0.6 is 39.2 Å². The number of nitrogens with two attached hydrogens (primary N) is 1. The van der Waals surface area contributed by atoms with Crippen LogP contribution in [0.3, 0.4) is 0 Å². The molecule has 1 atom stereocenters. The predicted molar refractivity (Wildman–Crippen MR) is 70.8 cm³/mol. The second-order valence-corrected chi connectivity index (χ2v) is 6.24. The number of aromatic nitrogens is 2. The molecule has 0 aliphatic carbocycles. The van der Waals surface area contributed by atoms with Gasteiger partial charge in [-0.1, -0.05) is 33.8 Å². The molecule has 84 valence electrons. The molecule has 2 aromatic rings. The van der Waals surface area contributed by atoms with Crippen LogP contribution < -0.4 is 5.73 Å². The molecule has 0 spiro atoms. The van der Waals surface area contributed by atoms with Gasteiger partial charge in [-0.05, 0) is 36.2 Å². The van der Waals surface area contributed by atoms with Crippen LogP contribution in [0.25, 0.3) is 0 Å². The van der Waals surface area contributed by atoms with E-state index in [-0.39, 0.29) is 6.04 Å². The van der Waals surface area contributed by atoms with Crippen LogP contribution in [0.15, 0.2) is 38.2 Å². The summed E-state index contributed by atoms with van der Waals surface area (Å²) >= 11 is 6.52. The van der Waals surface area contributed by atoms with Gasteiger partial charge < -0.3 is 5.73 Å². The van der Waals surface area contributed by atoms with E-state index in [9.17, 15) is 0 Å². The van der Waals surface area contributed by atoms with Gasteiger partial charge in [0.25, 0.3) is 0 Å². The van der Waals surface area contributed by atoms with Crippen molar-refractivity contribution in [3.05, 3.63) is 34.6 Å². The standard InChI is InChI=1S/C10H10BrN3S2/c1-6(12)8-3-2-7(4-9(8)11)15-10-13-5-14-16-10/h2-6H,12H2,1H3. The Kier molecular flexibility index (Phi) is 3.96. The van der Waals surface area contributed by atoms with Crippen molar-refractivity contribution in [3.63, 3.8) is 0 Å². The normalized spacial score (nSPS) is 12.7. The van der Waals surface area contributed by atoms with Crippen molar-refractivity contribution in [1.82, 2.24) is 9.36 Å². The zero-order valence-corrected chi connectivity index (χ0v) is 11.8. The summed E-state index contributed by atoms with van der Waals surface area (Å²) in [5.41, 5.74) is 6.96. The minimum Gasteiger partial charge on any atom is -0.324 e. The van der Waals surface area contributed by atoms with E-state index in [4.69, 9.17) is 5.73 Å². The molecule has 3 nitrogen and oxygen atoms in total. The Morgan fingerprint density at radius 1 is 1.50 bits per heavy atom. The molecule has 16 heavy (non-hydrogen) atoms. The minimum atomic E-state index is 0.0370. The third-order valence-corrected chi connectivity index (χ3v) is 4.40. The predicted octanol–water partition coefficient (Wildman–Crippen LogP) is 3.47. The Hall–Kier alpha value is -0.430. The first-order valence-electron chi connectivity index (χ1n) is 4.66. The lowest BCUT2D eigenvalue weighted by Gasteiger charge is -2.09. The third-order valence-electron chi connectivity index (χ3n) is 2.01. The highest BCUT2D eigenvalue weighted by atomic mass is 79.9. The van der Waals surface area contributed by atoms with Crippen molar-refractivity contribution in [2.24, 2.45) is 5.73 Å². The Morgan fingerprint density at radius 3 is 2.88 bits per heavy atom. The molecule has 1 aromatic carbocycles. The second-order valence-electron chi connectivity index (χ2n) is 3.28. The van der Waals surface area contributed by atoms with Gasteiger partial charge in [0.1, 0.15) is 6.33 Å². The van der Waals surface area contributed by atoms with Crippen molar-refractivity contribution in [2.45, 2.75) is 22.2 Å². The molecular formula is C10H10BrN3S2. The number of hydrogen-bond donors (Lipinski definition) is 1. The first-order valence-corrected chi connectivity index (χ1v) is 7.04. The fraction of sp³-hybridized carbons (Fsp3) is 0.200. The van der Waals surface area contributed by atoms with Crippen LogP contribution in [-0.2, 0) is 0 Å². The van der Waals surface area contributed by atoms with E-state index in [1.165, 1.54) is 11.5 Å². The molecular weight excluding hydrogens is 306 g/mol. The molecule has 0 aliphatic rings. The van der Waals surface area contributed by atoms with Gasteiger partial charge in [0.15, 0.2) is 4.34 Å². The van der Waals surface area contributed by atoms with Gasteiger partial charge in [0.05, 0.1) is 0 Å². The minimum absolute atomic E-state index is 0.0370. The van der Waals surface area contributed by atoms with Crippen molar-refractivity contribution in [3.8, 4) is 0 Å². The third kappa shape index (κ3) is 2.82. The van der Waals surface area contributed by atoms with Crippen LogP contribution in [0.4, 0.5) is 0 Å². The van der Waals surface area contributed by atoms with Gasteiger partial charge in [-0.3, -0.25) is 0 Å². The van der Waals surface area contributed by atoms with E-state index in [1.54, 1.807) is 18.1 Å². The largest absolute Gasteiger partial charge is 0.324 e. The van der Waals surface area contributed by atoms with E-state index in [0.717, 1.165) is 19.3 Å². The summed E-state index contributed by atoms with van der Waals surface area (Å²) in [5.74, 6) is 0. The van der Waals surface area contributed by atoms with Gasteiger partial charge in [-0.25, -0.2) is 4.98 Å². The summed E-state index contributed by atoms with van der Waals surface area (Å²) in [4.78, 5) is 5.26. The Morgan fingerprint density at radius 2 is 2.31 bits per heavy atom. The molecule has 6 heteroatoms. The fourth-order valence-electron chi connectivity index (χ4n) is 1.25. The molecule has 0 saturated heterocycles. The van der Waals surface area contributed by atoms with Crippen molar-refractivity contribution >= 4 is 39.2 Å². The molecule has 0 amide bonds. The van der Waals surface area contributed by atoms with Crippen molar-refractivity contribution < 1.29 is 0 Å². The molecule has 0 fully saturated rings. The van der Waals surface area contributed by atoms with E-state index >= 15 is 0 Å². The maximum absolute atomic E-state index is 5.84. The number of benzene rings is 1. The molecule has 1 unspecified atom stereocenters. The molecule has 0 saturated carbocycles. The quantitative estimate of drug-likeness (QED) is 0.942. The summed E-state index contributed by atoms with van der Waals surface area (Å²) in [6.45, 7) is 1.97. The van der Waals surface area contributed by atoms with Gasteiger partial charge >= 0.3 is 0 Å². The lowest BCUT2D eigenvalue weighted by molar-refractivity contribution is 0.811. The van der Waals surface area contributed by atoms with Gasteiger partial charge in [-0.15, -0.1) is 0 Å². The van der Waals surface area contributed by atoms with E-state index in [2.05, 4.69) is 37.4 Å². The fourth-order valence-corrected chi connectivity index (χ4v) is 3.60. The SMILES string of the molecule is CC(N)c1ccc(Sc2ncns2)cc1Br. The summed E-state index contributed by atoms with van der Waals surface area (Å²) in [6, 6.07) is 6.19. The Balaban J connectivity index is 2.21. The second kappa shape index (κ2) is 5.27. The number of nitrogens with zero attached hydrogens (tertiary/aromatic N) is 2. The van der Waals surface area contributed by atoms with Gasteiger partial charge in [0.2, 0.25) is 0 Å². The first-order chi connectivity index (χ1) is 7.66. The average molecular weight is 316 g/mol. The van der Waals surface area contributed by atoms with Crippen LogP contribution in [0.5, 0.6) is 0 Å². The monoisotopic (exact) mass is 315 g/mol. The Bertz CT molecular complexity index is 471. The molecule has 2 rings (SSSR count). The maximum Gasteiger partial charge on any atom is 0.174 e. The lowest BCUT2D eigenvalue weighted by Crippen LogP contribution is -2.05. The lowest BCUT2D eigenvalue weighted by atomic mass is 10.1. The number of hydrogen-bond acceptors (Lipinski definition) is 5. The summed E-state index contributed by atoms with van der Waals surface area (Å²) < 4.78 is 5.95. The van der Waals surface area contributed by atoms with Gasteiger partial charge in [0, 0.05) is 15.4 Å². The van der Waals surface area contributed by atoms with Crippen molar-refractivity contribution in [1.29, 1.82) is 0 Å². The maximum atomic E-state index is 5.84. The highest BCUT2D eigenvalue weighted by molar-refractivity contribution is 9.10. The summed E-state index contributed by atoms with van der Waals surface area (Å²) in [6.07, 6.45) is 1.57. The summed E-state index contributed by atoms with van der Waals surface area (Å²) in [5, 5.41) is 0. The van der Waals surface area contributed by atoms with Crippen LogP contribution in [0.2, 0.25) is 0 Å². The highest BCUT2D eigenvalue weighted by Gasteiger charge is 2.07. The van der Waals surface area contributed by atoms with E-state index in [1.807, 2.05) is 13.0 Å². The molecule has 1 heterocycles. The Labute approximate surface area is 111 Å².